The SMILES string of the molecule is CCOC(=O)c1c(CSc2ccc(Cl)cc2)n(C)c2cc(Br)c(O)c(CN(C)C)c12.Cl. The molecule has 0 saturated heterocycles. The summed E-state index contributed by atoms with van der Waals surface area (Å²) in [6.45, 7) is 2.56. The third kappa shape index (κ3) is 5.52. The molecular formula is C22H25BrCl2N2O3S. The number of fused-ring (bicyclic) bond motifs is 1. The molecule has 5 nitrogen and oxygen atoms in total. The summed E-state index contributed by atoms with van der Waals surface area (Å²) in [7, 11) is 5.79. The number of hydrogen-bond acceptors (Lipinski definition) is 5. The van der Waals surface area contributed by atoms with Crippen LogP contribution >= 0.6 is 51.7 Å². The second-order valence-corrected chi connectivity index (χ2v) is 9.50. The molecule has 0 atom stereocenters. The normalized spacial score (nSPS) is 11.1. The molecule has 1 N–H and O–H groups in total. The molecule has 1 heterocycles. The summed E-state index contributed by atoms with van der Waals surface area (Å²) in [6, 6.07) is 9.46. The highest BCUT2D eigenvalue weighted by Crippen LogP contribution is 2.41. The summed E-state index contributed by atoms with van der Waals surface area (Å²) in [4.78, 5) is 16.0. The number of aromatic hydroxyl groups is 1. The number of hydrogen-bond donors (Lipinski definition) is 1. The average molecular weight is 548 g/mol. The van der Waals surface area contributed by atoms with E-state index in [2.05, 4.69) is 15.9 Å². The minimum atomic E-state index is -0.378. The zero-order chi connectivity index (χ0) is 22.0. The van der Waals surface area contributed by atoms with E-state index in [1.165, 1.54) is 0 Å². The Morgan fingerprint density at radius 2 is 1.94 bits per heavy atom. The van der Waals surface area contributed by atoms with Gasteiger partial charge in [-0.2, -0.15) is 0 Å². The lowest BCUT2D eigenvalue weighted by atomic mass is 10.0. The summed E-state index contributed by atoms with van der Waals surface area (Å²) >= 11 is 11.1. The van der Waals surface area contributed by atoms with E-state index in [0.717, 1.165) is 21.5 Å². The first kappa shape index (κ1) is 25.9. The van der Waals surface area contributed by atoms with Crippen LogP contribution in [0.25, 0.3) is 10.9 Å². The molecule has 0 bridgehead atoms. The molecule has 0 radical (unpaired) electrons. The molecule has 2 aromatic carbocycles. The molecule has 0 amide bonds. The van der Waals surface area contributed by atoms with Gasteiger partial charge in [0.05, 0.1) is 22.2 Å². The van der Waals surface area contributed by atoms with E-state index in [1.54, 1.807) is 18.7 Å². The number of nitrogens with zero attached hydrogens (tertiary/aromatic N) is 2. The van der Waals surface area contributed by atoms with Gasteiger partial charge in [0, 0.05) is 45.9 Å². The Balaban J connectivity index is 0.00000341. The minimum Gasteiger partial charge on any atom is -0.506 e. The number of esters is 1. The lowest BCUT2D eigenvalue weighted by Gasteiger charge is -2.15. The third-order valence-electron chi connectivity index (χ3n) is 4.78. The zero-order valence-electron chi connectivity index (χ0n) is 17.7. The molecular weight excluding hydrogens is 523 g/mol. The van der Waals surface area contributed by atoms with Crippen molar-refractivity contribution in [3.05, 3.63) is 56.6 Å². The molecule has 1 aromatic heterocycles. The second kappa shape index (κ2) is 11.0. The van der Waals surface area contributed by atoms with E-state index < -0.39 is 0 Å². The predicted octanol–water partition coefficient (Wildman–Crippen LogP) is 6.25. The number of ether oxygens (including phenoxy) is 1. The molecule has 3 rings (SSSR count). The number of aryl methyl sites for hydroxylation is 1. The number of thioether (sulfide) groups is 1. The molecule has 0 spiro atoms. The van der Waals surface area contributed by atoms with Crippen LogP contribution < -0.4 is 0 Å². The zero-order valence-corrected chi connectivity index (χ0v) is 21.7. The standard InChI is InChI=1S/C22H24BrClN2O3S.ClH/c1-5-29-22(28)20-18(12-30-14-8-6-13(24)7-9-14)26(4)17-10-16(23)21(27)15(19(17)20)11-25(2)3;/h6-10,27H,5,11-12H2,1-4H3;1H. The molecule has 0 saturated carbocycles. The maximum absolute atomic E-state index is 13.0. The van der Waals surface area contributed by atoms with Gasteiger partial charge in [-0.25, -0.2) is 4.79 Å². The number of rotatable bonds is 7. The van der Waals surface area contributed by atoms with Crippen LogP contribution in [0.15, 0.2) is 39.7 Å². The first-order chi connectivity index (χ1) is 14.2. The van der Waals surface area contributed by atoms with Gasteiger partial charge in [-0.3, -0.25) is 0 Å². The topological polar surface area (TPSA) is 54.7 Å². The fraction of sp³-hybridized carbons (Fsp3) is 0.318. The Hall–Kier alpha value is -1.38. The van der Waals surface area contributed by atoms with Gasteiger partial charge in [0.2, 0.25) is 0 Å². The van der Waals surface area contributed by atoms with Crippen molar-refractivity contribution in [1.29, 1.82) is 0 Å². The summed E-state index contributed by atoms with van der Waals surface area (Å²) in [5.74, 6) is 0.335. The van der Waals surface area contributed by atoms with Gasteiger partial charge >= 0.3 is 5.97 Å². The van der Waals surface area contributed by atoms with Crippen molar-refractivity contribution in [2.24, 2.45) is 7.05 Å². The smallest absolute Gasteiger partial charge is 0.340 e. The average Bonchev–Trinajstić information content (AvgIpc) is 2.96. The number of benzene rings is 2. The Kier molecular flexibility index (Phi) is 9.15. The van der Waals surface area contributed by atoms with Crippen molar-refractivity contribution < 1.29 is 14.6 Å². The van der Waals surface area contributed by atoms with Crippen LogP contribution in [0, 0.1) is 0 Å². The van der Waals surface area contributed by atoms with Crippen LogP contribution in [0.4, 0.5) is 0 Å². The van der Waals surface area contributed by atoms with Crippen LogP contribution in [0.1, 0.15) is 28.5 Å². The number of aromatic nitrogens is 1. The van der Waals surface area contributed by atoms with Crippen LogP contribution in [-0.4, -0.2) is 41.2 Å². The van der Waals surface area contributed by atoms with Gasteiger partial charge < -0.3 is 19.3 Å². The molecule has 0 fully saturated rings. The van der Waals surface area contributed by atoms with Gasteiger partial charge in [-0.05, 0) is 67.3 Å². The van der Waals surface area contributed by atoms with Gasteiger partial charge in [-0.1, -0.05) is 11.6 Å². The molecule has 0 unspecified atom stereocenters. The van der Waals surface area contributed by atoms with Crippen LogP contribution in [0.2, 0.25) is 5.02 Å². The molecule has 9 heteroatoms. The van der Waals surface area contributed by atoms with Crippen molar-refractivity contribution in [3.63, 3.8) is 0 Å². The quantitative estimate of drug-likeness (QED) is 0.280. The van der Waals surface area contributed by atoms with E-state index in [9.17, 15) is 9.90 Å². The van der Waals surface area contributed by atoms with Crippen molar-refractivity contribution in [2.75, 3.05) is 20.7 Å². The largest absolute Gasteiger partial charge is 0.506 e. The van der Waals surface area contributed by atoms with Crippen LogP contribution in [0.3, 0.4) is 0 Å². The van der Waals surface area contributed by atoms with E-state index in [0.29, 0.717) is 32.9 Å². The first-order valence-corrected chi connectivity index (χ1v) is 11.6. The van der Waals surface area contributed by atoms with E-state index in [4.69, 9.17) is 16.3 Å². The third-order valence-corrected chi connectivity index (χ3v) is 6.66. The van der Waals surface area contributed by atoms with Gasteiger partial charge in [0.25, 0.3) is 0 Å². The van der Waals surface area contributed by atoms with Gasteiger partial charge in [-0.15, -0.1) is 24.2 Å². The number of carbonyl (C=O) groups excluding carboxylic acids is 1. The Morgan fingerprint density at radius 1 is 1.29 bits per heavy atom. The van der Waals surface area contributed by atoms with Gasteiger partial charge in [0.1, 0.15) is 5.75 Å². The molecule has 3 aromatic rings. The number of carbonyl (C=O) groups is 1. The van der Waals surface area contributed by atoms with Crippen LogP contribution in [-0.2, 0) is 24.1 Å². The highest BCUT2D eigenvalue weighted by Gasteiger charge is 2.27. The van der Waals surface area contributed by atoms with Crippen molar-refractivity contribution >= 4 is 68.6 Å². The number of phenols is 1. The van der Waals surface area contributed by atoms with Crippen molar-refractivity contribution in [2.45, 2.75) is 24.1 Å². The highest BCUT2D eigenvalue weighted by molar-refractivity contribution is 9.10. The highest BCUT2D eigenvalue weighted by atomic mass is 79.9. The summed E-state index contributed by atoms with van der Waals surface area (Å²) < 4.78 is 8.01. The molecule has 168 valence electrons. The predicted molar refractivity (Wildman–Crippen MR) is 134 cm³/mol. The Labute approximate surface area is 206 Å². The summed E-state index contributed by atoms with van der Waals surface area (Å²) in [5, 5.41) is 12.2. The fourth-order valence-corrected chi connectivity index (χ4v) is 4.98. The first-order valence-electron chi connectivity index (χ1n) is 9.46. The summed E-state index contributed by atoms with van der Waals surface area (Å²) in [5.41, 5.74) is 2.92. The van der Waals surface area contributed by atoms with Gasteiger partial charge in [0.15, 0.2) is 0 Å². The number of phenolic OH excluding ortho intramolecular Hbond substituents is 1. The molecule has 0 aliphatic heterocycles. The van der Waals surface area contributed by atoms with Crippen molar-refractivity contribution in [3.8, 4) is 5.75 Å². The van der Waals surface area contributed by atoms with E-state index in [-0.39, 0.29) is 30.7 Å². The Morgan fingerprint density at radius 3 is 2.52 bits per heavy atom. The van der Waals surface area contributed by atoms with Crippen molar-refractivity contribution in [1.82, 2.24) is 9.47 Å². The maximum Gasteiger partial charge on any atom is 0.340 e. The molecule has 0 aliphatic carbocycles. The lowest BCUT2D eigenvalue weighted by molar-refractivity contribution is 0.0527. The molecule has 0 aliphatic rings. The van der Waals surface area contributed by atoms with E-state index in [1.807, 2.05) is 60.9 Å². The molecule has 31 heavy (non-hydrogen) atoms. The lowest BCUT2D eigenvalue weighted by Crippen LogP contribution is -2.13. The number of halogens is 3. The second-order valence-electron chi connectivity index (χ2n) is 7.16. The summed E-state index contributed by atoms with van der Waals surface area (Å²) in [6.07, 6.45) is 0. The van der Waals surface area contributed by atoms with Crippen LogP contribution in [0.5, 0.6) is 5.75 Å². The maximum atomic E-state index is 13.0. The Bertz CT molecular complexity index is 1090. The monoisotopic (exact) mass is 546 g/mol. The fourth-order valence-electron chi connectivity index (χ4n) is 3.42. The minimum absolute atomic E-state index is 0. The van der Waals surface area contributed by atoms with E-state index >= 15 is 0 Å².